The molecule has 3 N–H and O–H groups in total. The Balaban J connectivity index is 1.45. The van der Waals surface area contributed by atoms with E-state index in [2.05, 4.69) is 41.2 Å². The monoisotopic (exact) mass is 592 g/mol. The van der Waals surface area contributed by atoms with Gasteiger partial charge in [0.1, 0.15) is 5.75 Å². The summed E-state index contributed by atoms with van der Waals surface area (Å²) in [6.45, 7) is 16.1. The van der Waals surface area contributed by atoms with Gasteiger partial charge >= 0.3 is 11.9 Å². The molecule has 5 fully saturated rings. The third kappa shape index (κ3) is 4.13. The smallest absolute Gasteiger partial charge is 0.338 e. The number of hydrogen-bond acceptors (Lipinski definition) is 5. The van der Waals surface area contributed by atoms with E-state index in [0.29, 0.717) is 30.2 Å². The number of phenolic OH excluding ortho intramolecular Hbond substituents is 1. The van der Waals surface area contributed by atoms with Gasteiger partial charge in [0.15, 0.2) is 0 Å². The van der Waals surface area contributed by atoms with E-state index >= 15 is 0 Å². The van der Waals surface area contributed by atoms with Crippen LogP contribution in [-0.4, -0.2) is 40.0 Å². The highest BCUT2D eigenvalue weighted by molar-refractivity contribution is 5.89. The third-order valence-electron chi connectivity index (χ3n) is 14.7. The number of ether oxygens (including phenoxy) is 1. The van der Waals surface area contributed by atoms with Crippen LogP contribution in [0.15, 0.2) is 36.4 Å². The van der Waals surface area contributed by atoms with Crippen molar-refractivity contribution in [2.45, 2.75) is 105 Å². The molecule has 6 nitrogen and oxygen atoms in total. The lowest BCUT2D eigenvalue weighted by atomic mass is 9.32. The number of benzene rings is 1. The van der Waals surface area contributed by atoms with Gasteiger partial charge in [-0.15, -0.1) is 0 Å². The molecule has 0 spiro atoms. The molecule has 236 valence electrons. The normalized spacial score (nSPS) is 44.7. The quantitative estimate of drug-likeness (QED) is 0.240. The Labute approximate surface area is 257 Å². The van der Waals surface area contributed by atoms with Crippen molar-refractivity contribution in [3.63, 3.8) is 0 Å². The maximum Gasteiger partial charge on any atom is 0.338 e. The largest absolute Gasteiger partial charge is 0.508 e. The number of carbonyl (C=O) groups is 2. The number of aliphatic hydroxyl groups is 1. The van der Waals surface area contributed by atoms with Gasteiger partial charge in [0, 0.05) is 5.41 Å². The Hall–Kier alpha value is -2.34. The molecule has 6 rings (SSSR count). The predicted molar refractivity (Wildman–Crippen MR) is 165 cm³/mol. The molecule has 0 heterocycles. The number of esters is 1. The minimum absolute atomic E-state index is 0.0171. The Morgan fingerprint density at radius 1 is 0.907 bits per heavy atom. The predicted octanol–water partition coefficient (Wildman–Crippen LogP) is 7.63. The molecular weight excluding hydrogens is 540 g/mol. The molecule has 1 aromatic rings. The first-order valence-electron chi connectivity index (χ1n) is 16.7. The summed E-state index contributed by atoms with van der Waals surface area (Å²) >= 11 is 0. The van der Waals surface area contributed by atoms with Gasteiger partial charge in [-0.05, 0) is 141 Å². The minimum atomic E-state index is -0.750. The van der Waals surface area contributed by atoms with Crippen molar-refractivity contribution in [1.82, 2.24) is 0 Å². The maximum atomic E-state index is 13.5. The van der Waals surface area contributed by atoms with Crippen LogP contribution >= 0.6 is 0 Å². The van der Waals surface area contributed by atoms with E-state index in [-0.39, 0.29) is 57.9 Å². The van der Waals surface area contributed by atoms with E-state index in [0.717, 1.165) is 56.9 Å². The highest BCUT2D eigenvalue weighted by Crippen LogP contribution is 2.77. The molecule has 0 radical (unpaired) electrons. The number of carboxylic acid groups (broad SMARTS) is 1. The summed E-state index contributed by atoms with van der Waals surface area (Å²) in [5, 5.41) is 31.6. The number of allylic oxidation sites excluding steroid dienone is 1. The van der Waals surface area contributed by atoms with Gasteiger partial charge in [-0.25, -0.2) is 4.79 Å². The van der Waals surface area contributed by atoms with Gasteiger partial charge in [-0.1, -0.05) is 39.8 Å². The average molecular weight is 593 g/mol. The molecular formula is C37H52O6. The topological polar surface area (TPSA) is 104 Å². The second kappa shape index (κ2) is 10.1. The van der Waals surface area contributed by atoms with Gasteiger partial charge in [0.05, 0.1) is 23.7 Å². The summed E-state index contributed by atoms with van der Waals surface area (Å²) in [5.41, 5.74) is 0.152. The Morgan fingerprint density at radius 2 is 1.60 bits per heavy atom. The Bertz CT molecular complexity index is 1300. The van der Waals surface area contributed by atoms with E-state index in [1.807, 2.05) is 0 Å². The summed E-state index contributed by atoms with van der Waals surface area (Å²) in [4.78, 5) is 26.6. The zero-order valence-electron chi connectivity index (χ0n) is 26.8. The fourth-order valence-electron chi connectivity index (χ4n) is 12.5. The summed E-state index contributed by atoms with van der Waals surface area (Å²) in [6.07, 6.45) is 8.39. The number of aromatic hydroxyl groups is 1. The number of aliphatic carboxylic acids is 1. The van der Waals surface area contributed by atoms with Crippen LogP contribution in [0, 0.1) is 56.7 Å². The molecule has 1 aromatic carbocycles. The van der Waals surface area contributed by atoms with Gasteiger partial charge < -0.3 is 20.1 Å². The van der Waals surface area contributed by atoms with Crippen LogP contribution in [0.1, 0.15) is 109 Å². The number of hydrogen-bond donors (Lipinski definition) is 3. The number of aliphatic hydroxyl groups excluding tert-OH is 1. The molecule has 5 aliphatic carbocycles. The molecule has 10 atom stereocenters. The zero-order valence-corrected chi connectivity index (χ0v) is 26.8. The lowest BCUT2D eigenvalue weighted by Gasteiger charge is -2.73. The van der Waals surface area contributed by atoms with Crippen molar-refractivity contribution in [2.75, 3.05) is 6.61 Å². The van der Waals surface area contributed by atoms with E-state index in [4.69, 9.17) is 4.74 Å². The van der Waals surface area contributed by atoms with Gasteiger partial charge in [-0.2, -0.15) is 0 Å². The molecule has 0 aliphatic heterocycles. The first-order chi connectivity index (χ1) is 20.1. The molecule has 43 heavy (non-hydrogen) atoms. The minimum Gasteiger partial charge on any atom is -0.508 e. The second-order valence-corrected chi connectivity index (χ2v) is 16.4. The first kappa shape index (κ1) is 30.7. The van der Waals surface area contributed by atoms with E-state index in [9.17, 15) is 24.9 Å². The van der Waals surface area contributed by atoms with Crippen molar-refractivity contribution >= 4 is 11.9 Å². The van der Waals surface area contributed by atoms with Gasteiger partial charge in [0.2, 0.25) is 0 Å². The standard InChI is InChI=1S/C37H52O6/c1-22(2)25-13-18-36(32(41)42)19-20-37(21-43-31(40)23-7-9-24(38)10-8-23)26(30(25)36)11-12-28-34(5)16-15-29(39)33(3,4)27(34)14-17-35(28,37)6/h7-10,25-30,38-39H,1,11-21H2,2-6H3,(H,41,42)/t25-,26+,27-,28+,29-,30+,34-,35+,36-,37-/m0/s1. The summed E-state index contributed by atoms with van der Waals surface area (Å²) in [6, 6.07) is 6.22. The van der Waals surface area contributed by atoms with Crippen molar-refractivity contribution in [2.24, 2.45) is 56.7 Å². The van der Waals surface area contributed by atoms with Gasteiger partial charge in [-0.3, -0.25) is 4.79 Å². The molecule has 0 unspecified atom stereocenters. The number of rotatable bonds is 5. The SMILES string of the molecule is C=C(C)[C@@H]1CC[C@]2(C(=O)O)CC[C@]3(COC(=O)c4ccc(O)cc4)[C@H](CC[C@@H]4[C@@]5(C)CC[C@H](O)C(C)(C)[C@@H]5CC[C@]43C)[C@@H]12. The second-order valence-electron chi connectivity index (χ2n) is 16.4. The zero-order chi connectivity index (χ0) is 31.2. The van der Waals surface area contributed by atoms with Crippen molar-refractivity contribution < 1.29 is 29.6 Å². The van der Waals surface area contributed by atoms with Crippen LogP contribution < -0.4 is 0 Å². The number of phenols is 1. The fourth-order valence-corrected chi connectivity index (χ4v) is 12.5. The third-order valence-corrected chi connectivity index (χ3v) is 14.7. The Kier molecular flexibility index (Phi) is 7.20. The molecule has 5 saturated carbocycles. The van der Waals surface area contributed by atoms with Gasteiger partial charge in [0.25, 0.3) is 0 Å². The molecule has 0 bridgehead atoms. The van der Waals surface area contributed by atoms with Crippen molar-refractivity contribution in [3.05, 3.63) is 42.0 Å². The van der Waals surface area contributed by atoms with Crippen LogP contribution in [0.3, 0.4) is 0 Å². The molecule has 0 amide bonds. The highest BCUT2D eigenvalue weighted by atomic mass is 16.5. The lowest BCUT2D eigenvalue weighted by Crippen LogP contribution is -2.69. The van der Waals surface area contributed by atoms with Crippen molar-refractivity contribution in [3.8, 4) is 5.75 Å². The Morgan fingerprint density at radius 3 is 2.26 bits per heavy atom. The number of carbonyl (C=O) groups excluding carboxylic acids is 1. The van der Waals surface area contributed by atoms with Crippen LogP contribution in [0.4, 0.5) is 0 Å². The molecule has 6 heteroatoms. The summed E-state index contributed by atoms with van der Waals surface area (Å²) < 4.78 is 6.32. The van der Waals surface area contributed by atoms with E-state index < -0.39 is 17.4 Å². The molecule has 5 aliphatic rings. The molecule has 0 aromatic heterocycles. The number of carboxylic acids is 1. The van der Waals surface area contributed by atoms with Crippen LogP contribution in [0.5, 0.6) is 5.75 Å². The summed E-state index contributed by atoms with van der Waals surface area (Å²) in [7, 11) is 0. The average Bonchev–Trinajstić information content (AvgIpc) is 3.36. The maximum absolute atomic E-state index is 13.5. The first-order valence-corrected chi connectivity index (χ1v) is 16.7. The van der Waals surface area contributed by atoms with E-state index in [1.165, 1.54) is 12.1 Å². The summed E-state index contributed by atoms with van der Waals surface area (Å²) in [5.74, 6) is 0.120. The lowest BCUT2D eigenvalue weighted by molar-refractivity contribution is -0.261. The van der Waals surface area contributed by atoms with Crippen molar-refractivity contribution in [1.29, 1.82) is 0 Å². The van der Waals surface area contributed by atoms with E-state index in [1.54, 1.807) is 12.1 Å². The fraction of sp³-hybridized carbons (Fsp3) is 0.730. The number of fused-ring (bicyclic) bond motifs is 7. The molecule has 0 saturated heterocycles. The highest BCUT2D eigenvalue weighted by Gasteiger charge is 2.73. The van der Waals surface area contributed by atoms with Crippen LogP contribution in [0.25, 0.3) is 0 Å². The van der Waals surface area contributed by atoms with Crippen LogP contribution in [-0.2, 0) is 9.53 Å². The van der Waals surface area contributed by atoms with Crippen LogP contribution in [0.2, 0.25) is 0 Å².